The molecular weight excluding hydrogens is 280 g/mol. The number of ether oxygens (including phenoxy) is 1. The fourth-order valence-electron chi connectivity index (χ4n) is 2.07. The molecule has 3 heteroatoms. The lowest BCUT2D eigenvalue weighted by Gasteiger charge is -2.24. The first-order valence-electron chi connectivity index (χ1n) is 5.73. The van der Waals surface area contributed by atoms with Crippen molar-refractivity contribution < 1.29 is 9.84 Å². The first kappa shape index (κ1) is 14.5. The molecule has 0 spiro atoms. The van der Waals surface area contributed by atoms with Crippen molar-refractivity contribution in [3.63, 3.8) is 0 Å². The maximum absolute atomic E-state index is 10.00. The van der Waals surface area contributed by atoms with E-state index in [1.165, 1.54) is 5.56 Å². The number of methoxy groups -OCH3 is 1. The van der Waals surface area contributed by atoms with Gasteiger partial charge in [-0.25, -0.2) is 0 Å². The van der Waals surface area contributed by atoms with E-state index in [9.17, 15) is 5.11 Å². The van der Waals surface area contributed by atoms with Gasteiger partial charge in [-0.3, -0.25) is 0 Å². The zero-order valence-electron chi connectivity index (χ0n) is 11.4. The summed E-state index contributed by atoms with van der Waals surface area (Å²) in [6.07, 6.45) is 0.585. The maximum Gasteiger partial charge on any atom is 0.125 e. The van der Waals surface area contributed by atoms with Gasteiger partial charge in [-0.2, -0.15) is 0 Å². The third-order valence-electron chi connectivity index (χ3n) is 3.10. The highest BCUT2D eigenvalue weighted by molar-refractivity contribution is 9.10. The molecule has 0 bridgehead atoms. The van der Waals surface area contributed by atoms with E-state index in [1.54, 1.807) is 7.11 Å². The van der Waals surface area contributed by atoms with Crippen molar-refractivity contribution in [2.75, 3.05) is 7.11 Å². The van der Waals surface area contributed by atoms with E-state index in [4.69, 9.17) is 4.74 Å². The Bertz CT molecular complexity index is 431. The molecule has 1 aromatic rings. The van der Waals surface area contributed by atoms with Gasteiger partial charge in [0.2, 0.25) is 0 Å². The summed E-state index contributed by atoms with van der Waals surface area (Å²) in [4.78, 5) is 0. The number of hydrogen-bond acceptors (Lipinski definition) is 2. The quantitative estimate of drug-likeness (QED) is 0.922. The van der Waals surface area contributed by atoms with Gasteiger partial charge in [0.05, 0.1) is 12.7 Å². The average molecular weight is 301 g/mol. The van der Waals surface area contributed by atoms with Crippen LogP contribution in [0.3, 0.4) is 0 Å². The largest absolute Gasteiger partial charge is 0.496 e. The van der Waals surface area contributed by atoms with Crippen molar-refractivity contribution in [2.24, 2.45) is 0 Å². The van der Waals surface area contributed by atoms with Gasteiger partial charge >= 0.3 is 0 Å². The lowest BCUT2D eigenvalue weighted by molar-refractivity contribution is 0.0800. The predicted octanol–water partition coefficient (Wildman–Crippen LogP) is 3.70. The lowest BCUT2D eigenvalue weighted by Crippen LogP contribution is -2.23. The van der Waals surface area contributed by atoms with Crippen molar-refractivity contribution in [1.29, 1.82) is 0 Å². The summed E-state index contributed by atoms with van der Waals surface area (Å²) in [6, 6.07) is 0. The van der Waals surface area contributed by atoms with E-state index in [0.717, 1.165) is 26.9 Å². The molecule has 0 radical (unpaired) electrons. The minimum absolute atomic E-state index is 0.585. The van der Waals surface area contributed by atoms with Gasteiger partial charge in [0.25, 0.3) is 0 Å². The van der Waals surface area contributed by atoms with Crippen LogP contribution in [0.1, 0.15) is 36.1 Å². The van der Waals surface area contributed by atoms with Gasteiger partial charge in [0.15, 0.2) is 0 Å². The fourth-order valence-corrected chi connectivity index (χ4v) is 2.60. The van der Waals surface area contributed by atoms with Gasteiger partial charge in [-0.15, -0.1) is 0 Å². The maximum atomic E-state index is 10.00. The van der Waals surface area contributed by atoms with Crippen LogP contribution in [0.4, 0.5) is 0 Å². The Morgan fingerprint density at radius 2 is 1.65 bits per heavy atom. The first-order valence-corrected chi connectivity index (χ1v) is 6.53. The Hall–Kier alpha value is -0.540. The fraction of sp³-hybridized carbons (Fsp3) is 0.571. The van der Waals surface area contributed by atoms with Gasteiger partial charge in [0.1, 0.15) is 5.75 Å². The van der Waals surface area contributed by atoms with Crippen LogP contribution >= 0.6 is 15.9 Å². The molecule has 0 saturated heterocycles. The Morgan fingerprint density at radius 3 is 2.06 bits per heavy atom. The minimum atomic E-state index is -0.737. The van der Waals surface area contributed by atoms with Gasteiger partial charge in [0, 0.05) is 16.5 Å². The standard InChI is InChI=1S/C14H21BrO2/c1-8-9(2)13(17-6)11(7-14(4,5)16)10(3)12(8)15/h16H,7H2,1-6H3. The highest BCUT2D eigenvalue weighted by atomic mass is 79.9. The van der Waals surface area contributed by atoms with Gasteiger partial charge < -0.3 is 9.84 Å². The zero-order valence-corrected chi connectivity index (χ0v) is 13.0. The summed E-state index contributed by atoms with van der Waals surface area (Å²) in [7, 11) is 1.68. The van der Waals surface area contributed by atoms with Crippen molar-refractivity contribution >= 4 is 15.9 Å². The van der Waals surface area contributed by atoms with Crippen LogP contribution in [0, 0.1) is 20.8 Å². The number of aliphatic hydroxyl groups is 1. The lowest BCUT2D eigenvalue weighted by atomic mass is 9.91. The molecule has 0 saturated carbocycles. The molecule has 0 aliphatic heterocycles. The Kier molecular flexibility index (Phi) is 4.26. The zero-order chi connectivity index (χ0) is 13.4. The molecule has 0 aromatic heterocycles. The topological polar surface area (TPSA) is 29.5 Å². The summed E-state index contributed by atoms with van der Waals surface area (Å²) < 4.78 is 6.61. The molecule has 0 atom stereocenters. The van der Waals surface area contributed by atoms with Crippen LogP contribution in [0.25, 0.3) is 0 Å². The summed E-state index contributed by atoms with van der Waals surface area (Å²) in [5.74, 6) is 0.894. The minimum Gasteiger partial charge on any atom is -0.496 e. The monoisotopic (exact) mass is 300 g/mol. The van der Waals surface area contributed by atoms with Crippen molar-refractivity contribution in [3.8, 4) is 5.75 Å². The molecule has 0 aliphatic carbocycles. The van der Waals surface area contributed by atoms with E-state index in [-0.39, 0.29) is 0 Å². The third kappa shape index (κ3) is 3.02. The number of benzene rings is 1. The van der Waals surface area contributed by atoms with Crippen LogP contribution in [0.2, 0.25) is 0 Å². The van der Waals surface area contributed by atoms with E-state index in [2.05, 4.69) is 29.8 Å². The highest BCUT2D eigenvalue weighted by Gasteiger charge is 2.22. The molecule has 0 unspecified atom stereocenters. The van der Waals surface area contributed by atoms with Crippen LogP contribution in [0.5, 0.6) is 5.75 Å². The molecule has 1 aromatic carbocycles. The van der Waals surface area contributed by atoms with E-state index in [0.29, 0.717) is 6.42 Å². The summed E-state index contributed by atoms with van der Waals surface area (Å²) >= 11 is 3.61. The van der Waals surface area contributed by atoms with Crippen LogP contribution in [-0.4, -0.2) is 17.8 Å². The molecule has 0 aliphatic rings. The number of halogens is 1. The molecule has 1 rings (SSSR count). The first-order chi connectivity index (χ1) is 7.69. The second kappa shape index (κ2) is 4.99. The van der Waals surface area contributed by atoms with Gasteiger partial charge in [-0.05, 0) is 51.3 Å². The molecule has 0 heterocycles. The highest BCUT2D eigenvalue weighted by Crippen LogP contribution is 2.37. The van der Waals surface area contributed by atoms with E-state index < -0.39 is 5.60 Å². The summed E-state index contributed by atoms with van der Waals surface area (Å²) in [6.45, 7) is 9.80. The van der Waals surface area contributed by atoms with Crippen molar-refractivity contribution in [1.82, 2.24) is 0 Å². The summed E-state index contributed by atoms with van der Waals surface area (Å²) in [5.41, 5.74) is 3.81. The van der Waals surface area contributed by atoms with Gasteiger partial charge in [-0.1, -0.05) is 15.9 Å². The second-order valence-corrected chi connectivity index (χ2v) is 5.98. The average Bonchev–Trinajstić information content (AvgIpc) is 2.22. The van der Waals surface area contributed by atoms with Crippen LogP contribution in [-0.2, 0) is 6.42 Å². The Balaban J connectivity index is 3.47. The third-order valence-corrected chi connectivity index (χ3v) is 4.29. The van der Waals surface area contributed by atoms with E-state index >= 15 is 0 Å². The molecule has 0 amide bonds. The molecule has 0 fully saturated rings. The Morgan fingerprint density at radius 1 is 1.12 bits per heavy atom. The van der Waals surface area contributed by atoms with Crippen molar-refractivity contribution in [2.45, 2.75) is 46.6 Å². The molecular formula is C14H21BrO2. The number of rotatable bonds is 3. The summed E-state index contributed by atoms with van der Waals surface area (Å²) in [5, 5.41) is 10.00. The smallest absolute Gasteiger partial charge is 0.125 e. The SMILES string of the molecule is COc1c(C)c(C)c(Br)c(C)c1CC(C)(C)O. The predicted molar refractivity (Wildman–Crippen MR) is 74.9 cm³/mol. The molecule has 17 heavy (non-hydrogen) atoms. The van der Waals surface area contributed by atoms with E-state index in [1.807, 2.05) is 20.8 Å². The molecule has 2 nitrogen and oxygen atoms in total. The molecule has 96 valence electrons. The number of hydrogen-bond donors (Lipinski definition) is 1. The second-order valence-electron chi connectivity index (χ2n) is 5.19. The van der Waals surface area contributed by atoms with Crippen LogP contribution in [0.15, 0.2) is 4.47 Å². The van der Waals surface area contributed by atoms with Crippen molar-refractivity contribution in [3.05, 3.63) is 26.7 Å². The molecule has 1 N–H and O–H groups in total. The Labute approximate surface area is 112 Å². The van der Waals surface area contributed by atoms with Crippen LogP contribution < -0.4 is 4.74 Å². The normalized spacial score (nSPS) is 11.8.